The lowest BCUT2D eigenvalue weighted by Crippen LogP contribution is -2.04. The maximum atomic E-state index is 12.9. The number of benzene rings is 1. The number of fused-ring (bicyclic) bond motifs is 1. The van der Waals surface area contributed by atoms with E-state index in [1.54, 1.807) is 42.1 Å². The molecule has 0 unspecified atom stereocenters. The van der Waals surface area contributed by atoms with E-state index in [4.69, 9.17) is 11.6 Å². The van der Waals surface area contributed by atoms with Crippen molar-refractivity contribution in [3.8, 4) is 6.07 Å². The van der Waals surface area contributed by atoms with Gasteiger partial charge in [0, 0.05) is 10.6 Å². The Kier molecular flexibility index (Phi) is 5.25. The summed E-state index contributed by atoms with van der Waals surface area (Å²) < 4.78 is 1.13. The summed E-state index contributed by atoms with van der Waals surface area (Å²) in [6.45, 7) is 0. The number of rotatable bonds is 4. The van der Waals surface area contributed by atoms with Crippen LogP contribution in [0.4, 0.5) is 0 Å². The van der Waals surface area contributed by atoms with E-state index < -0.39 is 0 Å². The number of nitriles is 1. The van der Waals surface area contributed by atoms with Crippen LogP contribution in [-0.4, -0.2) is 12.0 Å². The Bertz CT molecular complexity index is 885. The number of Topliss-reactive ketones (excluding diaryl/α,β-unsaturated/α-hetero) is 1. The molecule has 1 aromatic heterocycles. The predicted octanol–water partition coefficient (Wildman–Crippen LogP) is 5.87. The van der Waals surface area contributed by atoms with E-state index in [2.05, 4.69) is 18.2 Å². The average molecular weight is 372 g/mol. The molecule has 1 aliphatic rings. The van der Waals surface area contributed by atoms with Crippen LogP contribution in [0.15, 0.2) is 40.1 Å². The fourth-order valence-electron chi connectivity index (χ4n) is 2.63. The summed E-state index contributed by atoms with van der Waals surface area (Å²) in [6, 6.07) is 9.15. The molecule has 0 atom stereocenters. The van der Waals surface area contributed by atoms with Crippen molar-refractivity contribution in [2.45, 2.75) is 17.1 Å². The molecule has 0 N–H and O–H groups in total. The minimum absolute atomic E-state index is 0.156. The molecular weight excluding hydrogens is 358 g/mol. The van der Waals surface area contributed by atoms with E-state index >= 15 is 0 Å². The first-order chi connectivity index (χ1) is 11.6. The summed E-state index contributed by atoms with van der Waals surface area (Å²) in [5.74, 6) is -0.190. The van der Waals surface area contributed by atoms with Crippen molar-refractivity contribution < 1.29 is 4.79 Å². The fourth-order valence-corrected chi connectivity index (χ4v) is 4.78. The number of ketones is 1. The first-order valence-electron chi connectivity index (χ1n) is 7.42. The Morgan fingerprint density at radius 1 is 1.38 bits per heavy atom. The van der Waals surface area contributed by atoms with E-state index in [0.717, 1.165) is 33.7 Å². The summed E-state index contributed by atoms with van der Waals surface area (Å²) in [5, 5.41) is 10.1. The van der Waals surface area contributed by atoms with E-state index in [-0.39, 0.29) is 11.4 Å². The van der Waals surface area contributed by atoms with Crippen molar-refractivity contribution in [2.24, 2.45) is 0 Å². The van der Waals surface area contributed by atoms with Crippen LogP contribution in [0.25, 0.3) is 12.2 Å². The number of thiophene rings is 1. The topological polar surface area (TPSA) is 40.9 Å². The van der Waals surface area contributed by atoms with Crippen molar-refractivity contribution in [1.82, 2.24) is 0 Å². The van der Waals surface area contributed by atoms with Gasteiger partial charge in [-0.1, -0.05) is 35.9 Å². The SMILES string of the molecule is CSc1sc(C(=O)/C(C#N)=C\c2ccc(Cl)cc2)c2c1C=CCC2. The molecule has 0 saturated heterocycles. The van der Waals surface area contributed by atoms with Crippen LogP contribution in [0.3, 0.4) is 0 Å². The van der Waals surface area contributed by atoms with Gasteiger partial charge in [0.15, 0.2) is 0 Å². The number of halogens is 1. The van der Waals surface area contributed by atoms with Gasteiger partial charge in [-0.05, 0) is 48.4 Å². The second-order valence-electron chi connectivity index (χ2n) is 5.31. The van der Waals surface area contributed by atoms with Crippen molar-refractivity contribution >= 4 is 52.6 Å². The maximum absolute atomic E-state index is 12.9. The molecule has 24 heavy (non-hydrogen) atoms. The van der Waals surface area contributed by atoms with Gasteiger partial charge in [0.1, 0.15) is 11.6 Å². The third-order valence-electron chi connectivity index (χ3n) is 3.80. The highest BCUT2D eigenvalue weighted by molar-refractivity contribution is 8.00. The molecule has 120 valence electrons. The number of carbonyl (C=O) groups is 1. The largest absolute Gasteiger partial charge is 0.287 e. The van der Waals surface area contributed by atoms with Gasteiger partial charge in [-0.15, -0.1) is 23.1 Å². The van der Waals surface area contributed by atoms with Gasteiger partial charge in [-0.3, -0.25) is 4.79 Å². The van der Waals surface area contributed by atoms with Gasteiger partial charge < -0.3 is 0 Å². The average Bonchev–Trinajstić information content (AvgIpc) is 2.99. The van der Waals surface area contributed by atoms with Gasteiger partial charge in [-0.25, -0.2) is 0 Å². The zero-order chi connectivity index (χ0) is 17.1. The van der Waals surface area contributed by atoms with Gasteiger partial charge in [0.05, 0.1) is 9.09 Å². The highest BCUT2D eigenvalue weighted by atomic mass is 35.5. The van der Waals surface area contributed by atoms with Crippen LogP contribution in [0.1, 0.15) is 32.8 Å². The van der Waals surface area contributed by atoms with Crippen molar-refractivity contribution in [3.05, 3.63) is 62.5 Å². The molecule has 0 aliphatic heterocycles. The quantitative estimate of drug-likeness (QED) is 0.292. The fraction of sp³-hybridized carbons (Fsp3) is 0.158. The number of nitrogens with zero attached hydrogens (tertiary/aromatic N) is 1. The van der Waals surface area contributed by atoms with Gasteiger partial charge in [-0.2, -0.15) is 5.26 Å². The monoisotopic (exact) mass is 371 g/mol. The van der Waals surface area contributed by atoms with E-state index in [1.165, 1.54) is 11.3 Å². The van der Waals surface area contributed by atoms with E-state index in [1.807, 2.05) is 6.26 Å². The van der Waals surface area contributed by atoms with Crippen molar-refractivity contribution in [1.29, 1.82) is 5.26 Å². The summed E-state index contributed by atoms with van der Waals surface area (Å²) in [6.07, 6.45) is 9.65. The smallest absolute Gasteiger partial charge is 0.213 e. The lowest BCUT2D eigenvalue weighted by molar-refractivity contribution is 0.104. The number of hydrogen-bond acceptors (Lipinski definition) is 4. The Labute approximate surface area is 154 Å². The molecule has 1 aromatic carbocycles. The van der Waals surface area contributed by atoms with Gasteiger partial charge in [0.25, 0.3) is 0 Å². The molecule has 0 saturated carbocycles. The van der Waals surface area contributed by atoms with E-state index in [9.17, 15) is 10.1 Å². The summed E-state index contributed by atoms with van der Waals surface area (Å²) in [4.78, 5) is 13.6. The summed E-state index contributed by atoms with van der Waals surface area (Å²) >= 11 is 9.01. The predicted molar refractivity (Wildman–Crippen MR) is 103 cm³/mol. The van der Waals surface area contributed by atoms with Crippen molar-refractivity contribution in [2.75, 3.05) is 6.26 Å². The maximum Gasteiger partial charge on any atom is 0.213 e. The molecule has 0 radical (unpaired) electrons. The normalized spacial score (nSPS) is 13.5. The Morgan fingerprint density at radius 2 is 2.12 bits per heavy atom. The minimum Gasteiger partial charge on any atom is -0.287 e. The third kappa shape index (κ3) is 3.34. The zero-order valence-electron chi connectivity index (χ0n) is 13.0. The van der Waals surface area contributed by atoms with Crippen LogP contribution < -0.4 is 0 Å². The summed E-state index contributed by atoms with van der Waals surface area (Å²) in [5.41, 5.74) is 3.17. The van der Waals surface area contributed by atoms with Crippen LogP contribution in [0, 0.1) is 11.3 Å². The molecule has 3 rings (SSSR count). The standard InChI is InChI=1S/C19H14ClNOS2/c1-23-19-16-5-3-2-4-15(16)18(24-19)17(22)13(11-21)10-12-6-8-14(20)9-7-12/h3,5-10H,2,4H2,1H3/b13-10-. The Morgan fingerprint density at radius 3 is 2.79 bits per heavy atom. The van der Waals surface area contributed by atoms with Crippen LogP contribution in [-0.2, 0) is 6.42 Å². The first-order valence-corrected chi connectivity index (χ1v) is 9.84. The number of hydrogen-bond donors (Lipinski definition) is 0. The first kappa shape index (κ1) is 17.0. The molecule has 1 aliphatic carbocycles. The number of carbonyl (C=O) groups excluding carboxylic acids is 1. The third-order valence-corrected chi connectivity index (χ3v) is 6.43. The summed E-state index contributed by atoms with van der Waals surface area (Å²) in [7, 11) is 0. The molecular formula is C19H14ClNOS2. The number of thioether (sulfide) groups is 1. The zero-order valence-corrected chi connectivity index (χ0v) is 15.4. The molecule has 2 aromatic rings. The Balaban J connectivity index is 2.01. The highest BCUT2D eigenvalue weighted by Crippen LogP contribution is 2.39. The minimum atomic E-state index is -0.190. The molecule has 1 heterocycles. The highest BCUT2D eigenvalue weighted by Gasteiger charge is 2.24. The second-order valence-corrected chi connectivity index (χ2v) is 7.84. The molecule has 5 heteroatoms. The van der Waals surface area contributed by atoms with Crippen LogP contribution in [0.2, 0.25) is 5.02 Å². The lowest BCUT2D eigenvalue weighted by Gasteiger charge is -2.08. The number of allylic oxidation sites excluding steroid dienone is 2. The molecule has 2 nitrogen and oxygen atoms in total. The lowest BCUT2D eigenvalue weighted by atomic mass is 9.96. The van der Waals surface area contributed by atoms with E-state index in [0.29, 0.717) is 9.90 Å². The van der Waals surface area contributed by atoms with Crippen LogP contribution in [0.5, 0.6) is 0 Å². The second kappa shape index (κ2) is 7.40. The van der Waals surface area contributed by atoms with Crippen LogP contribution >= 0.6 is 34.7 Å². The molecule has 0 bridgehead atoms. The molecule has 0 spiro atoms. The molecule has 0 fully saturated rings. The molecule has 0 amide bonds. The van der Waals surface area contributed by atoms with Gasteiger partial charge >= 0.3 is 0 Å². The van der Waals surface area contributed by atoms with Crippen molar-refractivity contribution in [3.63, 3.8) is 0 Å². The van der Waals surface area contributed by atoms with Gasteiger partial charge in [0.2, 0.25) is 5.78 Å². The Hall–Kier alpha value is -1.80.